The third-order valence-corrected chi connectivity index (χ3v) is 4.19. The molecule has 1 atom stereocenters. The highest BCUT2D eigenvalue weighted by atomic mass is 19.4. The molecule has 0 radical (unpaired) electrons. The van der Waals surface area contributed by atoms with Gasteiger partial charge in [0, 0.05) is 45.0 Å². The van der Waals surface area contributed by atoms with E-state index in [0.29, 0.717) is 24.5 Å². The second-order valence-electron chi connectivity index (χ2n) is 5.87. The van der Waals surface area contributed by atoms with Crippen LogP contribution in [0.5, 0.6) is 0 Å². The van der Waals surface area contributed by atoms with Crippen molar-refractivity contribution >= 4 is 11.7 Å². The Morgan fingerprint density at radius 3 is 2.68 bits per heavy atom. The number of hydrogen-bond acceptors (Lipinski definition) is 4. The van der Waals surface area contributed by atoms with Gasteiger partial charge in [-0.3, -0.25) is 4.79 Å². The van der Waals surface area contributed by atoms with Gasteiger partial charge >= 0.3 is 6.18 Å². The summed E-state index contributed by atoms with van der Waals surface area (Å²) in [4.78, 5) is 21.9. The molecule has 0 spiro atoms. The first-order chi connectivity index (χ1) is 10.3. The summed E-state index contributed by atoms with van der Waals surface area (Å²) in [5.74, 6) is 0.405. The maximum Gasteiger partial charge on any atom is 0.417 e. The molecule has 1 fully saturated rings. The van der Waals surface area contributed by atoms with Gasteiger partial charge in [-0.25, -0.2) is 4.98 Å². The number of fused-ring (bicyclic) bond motifs is 3. The van der Waals surface area contributed by atoms with E-state index in [-0.39, 0.29) is 12.5 Å². The molecule has 22 heavy (non-hydrogen) atoms. The number of carbonyl (C=O) groups excluding carboxylic acids is 1. The Labute approximate surface area is 126 Å². The fourth-order valence-corrected chi connectivity index (χ4v) is 3.01. The molecule has 8 heteroatoms. The first kappa shape index (κ1) is 15.1. The molecule has 5 nitrogen and oxygen atoms in total. The van der Waals surface area contributed by atoms with Gasteiger partial charge in [-0.15, -0.1) is 0 Å². The van der Waals surface area contributed by atoms with E-state index < -0.39 is 17.8 Å². The second kappa shape index (κ2) is 5.12. The Morgan fingerprint density at radius 1 is 1.27 bits per heavy atom. The number of nitrogens with zero attached hydrogens (tertiary/aromatic N) is 4. The molecular formula is C14H17F3N4O. The molecule has 0 saturated carbocycles. The third-order valence-electron chi connectivity index (χ3n) is 4.19. The van der Waals surface area contributed by atoms with Crippen molar-refractivity contribution in [2.75, 3.05) is 38.6 Å². The summed E-state index contributed by atoms with van der Waals surface area (Å²) >= 11 is 0. The number of halogens is 3. The molecule has 3 rings (SSSR count). The lowest BCUT2D eigenvalue weighted by Gasteiger charge is -2.39. The number of anilines is 1. The largest absolute Gasteiger partial charge is 0.417 e. The number of piperazine rings is 1. The van der Waals surface area contributed by atoms with Gasteiger partial charge in [-0.1, -0.05) is 0 Å². The van der Waals surface area contributed by atoms with Crippen molar-refractivity contribution in [3.63, 3.8) is 0 Å². The molecule has 0 unspecified atom stereocenters. The Bertz CT molecular complexity index is 604. The minimum atomic E-state index is -4.43. The van der Waals surface area contributed by atoms with Crippen LogP contribution in [0.2, 0.25) is 0 Å². The molecule has 2 aliphatic rings. The summed E-state index contributed by atoms with van der Waals surface area (Å²) in [6, 6.07) is 0.710. The standard InChI is InChI=1S/C14H17F3N4O/c1-19-3-4-21-11(8-19)13(22)20(2)7-9-5-10(14(15,16)17)6-18-12(9)21/h5-6,11H,3-4,7-8H2,1-2H3/t11-/m1/s1. The van der Waals surface area contributed by atoms with Gasteiger partial charge < -0.3 is 14.7 Å². The zero-order chi connectivity index (χ0) is 16.1. The van der Waals surface area contributed by atoms with Crippen LogP contribution in [0.3, 0.4) is 0 Å². The monoisotopic (exact) mass is 314 g/mol. The number of rotatable bonds is 0. The normalized spacial score (nSPS) is 23.1. The Balaban J connectivity index is 2.06. The summed E-state index contributed by atoms with van der Waals surface area (Å²) in [5, 5.41) is 0. The van der Waals surface area contributed by atoms with Gasteiger partial charge in [0.05, 0.1) is 5.56 Å². The molecule has 1 amide bonds. The summed E-state index contributed by atoms with van der Waals surface area (Å²) in [6.07, 6.45) is -3.58. The highest BCUT2D eigenvalue weighted by Crippen LogP contribution is 2.34. The van der Waals surface area contributed by atoms with Crippen molar-refractivity contribution in [1.82, 2.24) is 14.8 Å². The number of alkyl halides is 3. The van der Waals surface area contributed by atoms with Gasteiger partial charge in [-0.05, 0) is 13.1 Å². The van der Waals surface area contributed by atoms with Crippen LogP contribution in [-0.2, 0) is 17.5 Å². The van der Waals surface area contributed by atoms with Crippen LogP contribution >= 0.6 is 0 Å². The van der Waals surface area contributed by atoms with E-state index in [9.17, 15) is 18.0 Å². The molecule has 0 N–H and O–H groups in total. The van der Waals surface area contributed by atoms with E-state index in [1.807, 2.05) is 16.8 Å². The fraction of sp³-hybridized carbons (Fsp3) is 0.571. The highest BCUT2D eigenvalue weighted by molar-refractivity contribution is 5.87. The van der Waals surface area contributed by atoms with Crippen LogP contribution in [0.1, 0.15) is 11.1 Å². The number of hydrogen-bond donors (Lipinski definition) is 0. The van der Waals surface area contributed by atoms with E-state index in [1.165, 1.54) is 4.90 Å². The van der Waals surface area contributed by atoms with Gasteiger partial charge in [0.2, 0.25) is 5.91 Å². The molecule has 0 aromatic carbocycles. The predicted molar refractivity (Wildman–Crippen MR) is 74.3 cm³/mol. The van der Waals surface area contributed by atoms with Crippen molar-refractivity contribution < 1.29 is 18.0 Å². The average molecular weight is 314 g/mol. The quantitative estimate of drug-likeness (QED) is 0.721. The van der Waals surface area contributed by atoms with Crippen LogP contribution in [0, 0.1) is 0 Å². The molecular weight excluding hydrogens is 297 g/mol. The lowest BCUT2D eigenvalue weighted by molar-refractivity contribution is -0.137. The third kappa shape index (κ3) is 2.51. The van der Waals surface area contributed by atoms with E-state index in [1.54, 1.807) is 7.05 Å². The minimum Gasteiger partial charge on any atom is -0.342 e. The molecule has 2 aliphatic heterocycles. The highest BCUT2D eigenvalue weighted by Gasteiger charge is 2.39. The van der Waals surface area contributed by atoms with Crippen molar-refractivity contribution in [2.24, 2.45) is 0 Å². The molecule has 1 aromatic heterocycles. The lowest BCUT2D eigenvalue weighted by atomic mass is 10.1. The lowest BCUT2D eigenvalue weighted by Crippen LogP contribution is -2.57. The Kier molecular flexibility index (Phi) is 3.51. The second-order valence-corrected chi connectivity index (χ2v) is 5.87. The molecule has 3 heterocycles. The van der Waals surface area contributed by atoms with Crippen LogP contribution in [0.4, 0.5) is 19.0 Å². The van der Waals surface area contributed by atoms with Gasteiger partial charge in [-0.2, -0.15) is 13.2 Å². The maximum atomic E-state index is 12.9. The zero-order valence-electron chi connectivity index (χ0n) is 12.4. The van der Waals surface area contributed by atoms with Gasteiger partial charge in [0.25, 0.3) is 0 Å². The van der Waals surface area contributed by atoms with Crippen LogP contribution < -0.4 is 4.90 Å². The van der Waals surface area contributed by atoms with Gasteiger partial charge in [0.1, 0.15) is 11.9 Å². The van der Waals surface area contributed by atoms with E-state index in [4.69, 9.17) is 0 Å². The smallest absolute Gasteiger partial charge is 0.342 e. The molecule has 0 aliphatic carbocycles. The van der Waals surface area contributed by atoms with Crippen LogP contribution in [0.25, 0.3) is 0 Å². The molecule has 1 saturated heterocycles. The Hall–Kier alpha value is -1.83. The minimum absolute atomic E-state index is 0.0851. The molecule has 0 bridgehead atoms. The zero-order valence-corrected chi connectivity index (χ0v) is 12.4. The topological polar surface area (TPSA) is 39.7 Å². The van der Waals surface area contributed by atoms with Crippen molar-refractivity contribution in [3.05, 3.63) is 23.4 Å². The molecule has 120 valence electrons. The summed E-state index contributed by atoms with van der Waals surface area (Å²) in [6.45, 7) is 2.01. The average Bonchev–Trinajstić information content (AvgIpc) is 2.54. The van der Waals surface area contributed by atoms with Crippen molar-refractivity contribution in [1.29, 1.82) is 0 Å². The number of amides is 1. The number of carbonyl (C=O) groups is 1. The number of pyridine rings is 1. The SMILES string of the molecule is CN1CCN2c3ncc(C(F)(F)F)cc3CN(C)C(=O)[C@H]2C1. The summed E-state index contributed by atoms with van der Waals surface area (Å²) in [5.41, 5.74) is -0.336. The van der Waals surface area contributed by atoms with Crippen molar-refractivity contribution in [2.45, 2.75) is 18.8 Å². The number of likely N-dealkylation sites (N-methyl/N-ethyl adjacent to an activating group) is 2. The maximum absolute atomic E-state index is 12.9. The summed E-state index contributed by atoms with van der Waals surface area (Å²) in [7, 11) is 3.54. The van der Waals surface area contributed by atoms with E-state index >= 15 is 0 Å². The van der Waals surface area contributed by atoms with E-state index in [0.717, 1.165) is 18.8 Å². The van der Waals surface area contributed by atoms with E-state index in [2.05, 4.69) is 4.98 Å². The molecule has 1 aromatic rings. The van der Waals surface area contributed by atoms with Crippen LogP contribution in [0.15, 0.2) is 12.3 Å². The van der Waals surface area contributed by atoms with Crippen LogP contribution in [-0.4, -0.2) is 60.5 Å². The first-order valence-corrected chi connectivity index (χ1v) is 7.03. The Morgan fingerprint density at radius 2 is 2.00 bits per heavy atom. The van der Waals surface area contributed by atoms with Gasteiger partial charge in [0.15, 0.2) is 0 Å². The number of aromatic nitrogens is 1. The van der Waals surface area contributed by atoms with Crippen molar-refractivity contribution in [3.8, 4) is 0 Å². The first-order valence-electron chi connectivity index (χ1n) is 7.03. The summed E-state index contributed by atoms with van der Waals surface area (Å²) < 4.78 is 38.6. The predicted octanol–water partition coefficient (Wildman–Crippen LogP) is 1.19. The fourth-order valence-electron chi connectivity index (χ4n) is 3.01.